The van der Waals surface area contributed by atoms with Crippen molar-refractivity contribution in [1.82, 2.24) is 0 Å². The van der Waals surface area contributed by atoms with Crippen molar-refractivity contribution in [3.63, 3.8) is 0 Å². The highest BCUT2D eigenvalue weighted by atomic mass is 79.9. The van der Waals surface area contributed by atoms with Gasteiger partial charge < -0.3 is 4.74 Å². The van der Waals surface area contributed by atoms with Crippen LogP contribution in [-0.2, 0) is 0 Å². The van der Waals surface area contributed by atoms with E-state index in [9.17, 15) is 14.9 Å². The van der Waals surface area contributed by atoms with Gasteiger partial charge in [-0.2, -0.15) is 0 Å². The minimum absolute atomic E-state index is 0.165. The highest BCUT2D eigenvalue weighted by molar-refractivity contribution is 9.10. The number of carbonyl (C=O) groups is 1. The van der Waals surface area contributed by atoms with Gasteiger partial charge in [0.25, 0.3) is 5.69 Å². The van der Waals surface area contributed by atoms with Gasteiger partial charge in [-0.25, -0.2) is 0 Å². The second-order valence-electron chi connectivity index (χ2n) is 2.42. The van der Waals surface area contributed by atoms with E-state index in [0.29, 0.717) is 6.29 Å². The van der Waals surface area contributed by atoms with E-state index in [1.54, 1.807) is 0 Å². The van der Waals surface area contributed by atoms with Crippen LogP contribution >= 0.6 is 15.9 Å². The molecule has 1 aromatic rings. The fourth-order valence-electron chi connectivity index (χ4n) is 0.941. The van der Waals surface area contributed by atoms with Crippen LogP contribution in [-0.4, -0.2) is 18.3 Å². The van der Waals surface area contributed by atoms with Crippen molar-refractivity contribution in [3.8, 4) is 5.75 Å². The predicted molar refractivity (Wildman–Crippen MR) is 52.7 cm³/mol. The second kappa shape index (κ2) is 4.19. The van der Waals surface area contributed by atoms with Gasteiger partial charge in [0.15, 0.2) is 6.29 Å². The number of rotatable bonds is 3. The number of aldehydes is 1. The number of ether oxygens (including phenoxy) is 1. The minimum atomic E-state index is -0.584. The number of nitro benzene ring substituents is 1. The summed E-state index contributed by atoms with van der Waals surface area (Å²) in [5.41, 5.74) is 0.00231. The number of benzene rings is 1. The van der Waals surface area contributed by atoms with E-state index < -0.39 is 4.92 Å². The summed E-state index contributed by atoms with van der Waals surface area (Å²) in [7, 11) is 1.38. The normalized spacial score (nSPS) is 9.57. The number of nitro groups is 1. The standard InChI is InChI=1S/C8H6BrNO4/c1-14-6-2-5(4-11)8(9)7(3-6)10(12)13/h2-4H,1H3. The molecule has 0 N–H and O–H groups in total. The van der Waals surface area contributed by atoms with E-state index in [0.717, 1.165) is 0 Å². The van der Waals surface area contributed by atoms with Gasteiger partial charge in [0.2, 0.25) is 0 Å². The quantitative estimate of drug-likeness (QED) is 0.474. The number of hydrogen-bond acceptors (Lipinski definition) is 4. The van der Waals surface area contributed by atoms with Gasteiger partial charge in [-0.3, -0.25) is 14.9 Å². The van der Waals surface area contributed by atoms with Crippen LogP contribution in [0.15, 0.2) is 16.6 Å². The maximum Gasteiger partial charge on any atom is 0.287 e. The highest BCUT2D eigenvalue weighted by Crippen LogP contribution is 2.32. The Morgan fingerprint density at radius 2 is 2.21 bits per heavy atom. The van der Waals surface area contributed by atoms with Crippen LogP contribution < -0.4 is 4.74 Å². The van der Waals surface area contributed by atoms with Crippen LogP contribution in [0.25, 0.3) is 0 Å². The Morgan fingerprint density at radius 1 is 1.57 bits per heavy atom. The molecule has 14 heavy (non-hydrogen) atoms. The van der Waals surface area contributed by atoms with E-state index in [1.165, 1.54) is 19.2 Å². The van der Waals surface area contributed by atoms with Gasteiger partial charge in [0.05, 0.1) is 18.1 Å². The van der Waals surface area contributed by atoms with Crippen molar-refractivity contribution >= 4 is 27.9 Å². The van der Waals surface area contributed by atoms with Crippen LogP contribution in [0, 0.1) is 10.1 Å². The molecule has 0 aliphatic carbocycles. The molecule has 0 bridgehead atoms. The van der Waals surface area contributed by atoms with Crippen LogP contribution in [0.5, 0.6) is 5.75 Å². The molecule has 0 radical (unpaired) electrons. The van der Waals surface area contributed by atoms with Crippen LogP contribution in [0.3, 0.4) is 0 Å². The maximum atomic E-state index is 10.6. The Balaban J connectivity index is 3.41. The Kier molecular flexibility index (Phi) is 3.19. The lowest BCUT2D eigenvalue weighted by Gasteiger charge is -2.03. The van der Waals surface area contributed by atoms with E-state index in [2.05, 4.69) is 15.9 Å². The minimum Gasteiger partial charge on any atom is -0.496 e. The topological polar surface area (TPSA) is 69.4 Å². The molecular weight excluding hydrogens is 254 g/mol. The molecule has 0 atom stereocenters. The number of halogens is 1. The first-order chi connectivity index (χ1) is 6.60. The molecule has 1 aromatic carbocycles. The third kappa shape index (κ3) is 1.90. The largest absolute Gasteiger partial charge is 0.496 e. The van der Waals surface area contributed by atoms with Gasteiger partial charge in [-0.05, 0) is 22.0 Å². The summed E-state index contributed by atoms with van der Waals surface area (Å²) < 4.78 is 4.98. The summed E-state index contributed by atoms with van der Waals surface area (Å²) in [4.78, 5) is 20.5. The molecule has 0 heterocycles. The smallest absolute Gasteiger partial charge is 0.287 e. The lowest BCUT2D eigenvalue weighted by atomic mass is 10.2. The monoisotopic (exact) mass is 259 g/mol. The fraction of sp³-hybridized carbons (Fsp3) is 0.125. The lowest BCUT2D eigenvalue weighted by Crippen LogP contribution is -1.95. The third-order valence-corrected chi connectivity index (χ3v) is 2.48. The van der Waals surface area contributed by atoms with Crippen molar-refractivity contribution in [1.29, 1.82) is 0 Å². The first-order valence-electron chi connectivity index (χ1n) is 3.57. The van der Waals surface area contributed by atoms with Gasteiger partial charge >= 0.3 is 0 Å². The van der Waals surface area contributed by atoms with Crippen molar-refractivity contribution in [3.05, 3.63) is 32.3 Å². The van der Waals surface area contributed by atoms with E-state index in [-0.39, 0.29) is 21.5 Å². The molecule has 0 unspecified atom stereocenters. The SMILES string of the molecule is COc1cc(C=O)c(Br)c([N+](=O)[O-])c1. The van der Waals surface area contributed by atoms with Crippen molar-refractivity contribution in [2.45, 2.75) is 0 Å². The average molecular weight is 260 g/mol. The van der Waals surface area contributed by atoms with Crippen LogP contribution in [0.1, 0.15) is 10.4 Å². The molecule has 0 aliphatic heterocycles. The molecule has 74 valence electrons. The number of methoxy groups -OCH3 is 1. The summed E-state index contributed by atoms with van der Waals surface area (Å²) in [5.74, 6) is 0.280. The highest BCUT2D eigenvalue weighted by Gasteiger charge is 2.17. The molecule has 0 saturated heterocycles. The molecular formula is C8H6BrNO4. The van der Waals surface area contributed by atoms with E-state index in [4.69, 9.17) is 4.74 Å². The summed E-state index contributed by atoms with van der Waals surface area (Å²) >= 11 is 2.98. The molecule has 0 fully saturated rings. The predicted octanol–water partition coefficient (Wildman–Crippen LogP) is 2.18. The zero-order chi connectivity index (χ0) is 10.7. The number of hydrogen-bond donors (Lipinski definition) is 0. The molecule has 0 aromatic heterocycles. The average Bonchev–Trinajstić information content (AvgIpc) is 2.17. The first kappa shape index (κ1) is 10.6. The molecule has 5 nitrogen and oxygen atoms in total. The maximum absolute atomic E-state index is 10.6. The zero-order valence-electron chi connectivity index (χ0n) is 7.19. The Morgan fingerprint density at radius 3 is 2.64 bits per heavy atom. The van der Waals surface area contributed by atoms with Crippen molar-refractivity contribution in [2.24, 2.45) is 0 Å². The van der Waals surface area contributed by atoms with Crippen LogP contribution in [0.2, 0.25) is 0 Å². The molecule has 6 heteroatoms. The molecule has 1 rings (SSSR count). The van der Waals surface area contributed by atoms with E-state index >= 15 is 0 Å². The summed E-state index contributed by atoms with van der Waals surface area (Å²) in [6.07, 6.45) is 0.527. The Bertz CT molecular complexity index is 391. The molecule has 0 amide bonds. The Labute approximate surface area is 88.0 Å². The van der Waals surface area contributed by atoms with Crippen LogP contribution in [0.4, 0.5) is 5.69 Å². The van der Waals surface area contributed by atoms with Gasteiger partial charge in [0.1, 0.15) is 10.2 Å². The van der Waals surface area contributed by atoms with Crippen molar-refractivity contribution in [2.75, 3.05) is 7.11 Å². The van der Waals surface area contributed by atoms with Crippen molar-refractivity contribution < 1.29 is 14.5 Å². The summed E-state index contributed by atoms with van der Waals surface area (Å²) in [6, 6.07) is 2.67. The molecule has 0 saturated carbocycles. The van der Waals surface area contributed by atoms with Gasteiger partial charge in [-0.15, -0.1) is 0 Å². The van der Waals surface area contributed by atoms with Gasteiger partial charge in [0, 0.05) is 5.56 Å². The molecule has 0 spiro atoms. The Hall–Kier alpha value is -1.43. The van der Waals surface area contributed by atoms with Gasteiger partial charge in [-0.1, -0.05) is 0 Å². The zero-order valence-corrected chi connectivity index (χ0v) is 8.78. The lowest BCUT2D eigenvalue weighted by molar-refractivity contribution is -0.385. The number of nitrogens with zero attached hydrogens (tertiary/aromatic N) is 1. The molecule has 0 aliphatic rings. The number of carbonyl (C=O) groups excluding carboxylic acids is 1. The summed E-state index contributed by atoms with van der Waals surface area (Å²) in [6.45, 7) is 0. The third-order valence-electron chi connectivity index (χ3n) is 1.61. The first-order valence-corrected chi connectivity index (χ1v) is 4.36. The summed E-state index contributed by atoms with van der Waals surface area (Å²) in [5, 5.41) is 10.6. The fourth-order valence-corrected chi connectivity index (χ4v) is 1.41. The van der Waals surface area contributed by atoms with E-state index in [1.807, 2.05) is 0 Å². The second-order valence-corrected chi connectivity index (χ2v) is 3.22.